The first-order valence-electron chi connectivity index (χ1n) is 15.8. The second kappa shape index (κ2) is 20.7. The van der Waals surface area contributed by atoms with Gasteiger partial charge >= 0.3 is 6.09 Å². The molecule has 0 radical (unpaired) electrons. The number of alkyl carbamates (subject to hydrolysis) is 1. The van der Waals surface area contributed by atoms with E-state index in [-0.39, 0.29) is 25.2 Å². The monoisotopic (exact) mass is 706 g/mol. The van der Waals surface area contributed by atoms with E-state index in [0.29, 0.717) is 17.7 Å². The number of nitrogens with two attached hydrogens (primary N) is 1. The van der Waals surface area contributed by atoms with Crippen LogP contribution in [0.1, 0.15) is 23.1 Å². The molecule has 0 aliphatic carbocycles. The first kappa shape index (κ1) is 38.9. The zero-order valence-corrected chi connectivity index (χ0v) is 28.4. The molecule has 0 saturated heterocycles. The van der Waals surface area contributed by atoms with E-state index in [4.69, 9.17) is 10.5 Å². The lowest BCUT2D eigenvalue weighted by atomic mass is 10.0. The van der Waals surface area contributed by atoms with Crippen LogP contribution >= 0.6 is 11.8 Å². The Bertz CT molecular complexity index is 1580. The van der Waals surface area contributed by atoms with Crippen molar-refractivity contribution in [3.8, 4) is 5.75 Å². The number of carbonyl (C=O) groups is 6. The van der Waals surface area contributed by atoms with Crippen LogP contribution in [-0.2, 0) is 48.2 Å². The fourth-order valence-electron chi connectivity index (χ4n) is 4.61. The maximum absolute atomic E-state index is 13.2. The van der Waals surface area contributed by atoms with Gasteiger partial charge < -0.3 is 42.2 Å². The third-order valence-electron chi connectivity index (χ3n) is 7.27. The van der Waals surface area contributed by atoms with E-state index < -0.39 is 66.8 Å². The zero-order chi connectivity index (χ0) is 36.3. The van der Waals surface area contributed by atoms with Gasteiger partial charge in [-0.3, -0.25) is 24.0 Å². The van der Waals surface area contributed by atoms with Gasteiger partial charge in [0.05, 0.1) is 13.1 Å². The Kier molecular flexibility index (Phi) is 16.1. The third-order valence-corrected chi connectivity index (χ3v) is 7.92. The molecule has 3 aromatic rings. The van der Waals surface area contributed by atoms with Crippen LogP contribution in [0.5, 0.6) is 5.75 Å². The maximum Gasteiger partial charge on any atom is 0.408 e. The van der Waals surface area contributed by atoms with E-state index >= 15 is 0 Å². The molecule has 0 spiro atoms. The van der Waals surface area contributed by atoms with Gasteiger partial charge in [0.15, 0.2) is 0 Å². The van der Waals surface area contributed by atoms with Gasteiger partial charge in [0.2, 0.25) is 29.5 Å². The molecule has 0 aliphatic heterocycles. The average Bonchev–Trinajstić information content (AvgIpc) is 3.11. The fraction of sp³-hybridized carbons (Fsp3) is 0.314. The summed E-state index contributed by atoms with van der Waals surface area (Å²) in [4.78, 5) is 76.1. The van der Waals surface area contributed by atoms with E-state index in [0.717, 1.165) is 11.1 Å². The van der Waals surface area contributed by atoms with Gasteiger partial charge in [0, 0.05) is 12.8 Å². The average molecular weight is 707 g/mol. The van der Waals surface area contributed by atoms with Crippen molar-refractivity contribution in [2.75, 3.05) is 25.1 Å². The molecule has 0 heterocycles. The predicted octanol–water partition coefficient (Wildman–Crippen LogP) is 0.913. The first-order chi connectivity index (χ1) is 24.0. The number of amides is 6. The summed E-state index contributed by atoms with van der Waals surface area (Å²) in [7, 11) is 0. The number of hydrogen-bond donors (Lipinski definition) is 7. The summed E-state index contributed by atoms with van der Waals surface area (Å²) in [5, 5.41) is 22.1. The van der Waals surface area contributed by atoms with Crippen LogP contribution in [0.15, 0.2) is 84.9 Å². The number of rotatable bonds is 19. The van der Waals surface area contributed by atoms with Crippen molar-refractivity contribution in [2.24, 2.45) is 5.73 Å². The molecule has 0 saturated carbocycles. The number of carbonyl (C=O) groups excluding carboxylic acids is 6. The summed E-state index contributed by atoms with van der Waals surface area (Å²) in [6.45, 7) is -1.06. The molecule has 3 atom stereocenters. The Morgan fingerprint density at radius 2 is 1.24 bits per heavy atom. The summed E-state index contributed by atoms with van der Waals surface area (Å²) < 4.78 is 5.25. The SMILES string of the molecule is CSCC[C@H](NC(=O)[C@H](Cc1ccccc1)NC(=O)CNC(=O)CNC(=O)[C@H](Cc1ccc(O)cc1)NC(=O)OCc1ccccc1)C(N)=O. The standard InChI is InChI=1S/C35H42N6O8S/c1-50-17-16-27(32(36)45)40-34(47)29(18-23-8-4-2-5-9-23)39-31(44)21-37-30(43)20-38-33(46)28(19-24-12-14-26(42)15-13-24)41-35(48)49-22-25-10-6-3-7-11-25/h2-15,27-29,42H,16-22H2,1H3,(H2,36,45)(H,37,43)(H,38,46)(H,39,44)(H,40,47)(H,41,48)/t27-,28-,29-/m0/s1. The Morgan fingerprint density at radius 3 is 1.84 bits per heavy atom. The van der Waals surface area contributed by atoms with E-state index in [9.17, 15) is 33.9 Å². The van der Waals surface area contributed by atoms with Gasteiger partial charge in [-0.15, -0.1) is 0 Å². The Morgan fingerprint density at radius 1 is 0.680 bits per heavy atom. The number of hydrogen-bond acceptors (Lipinski definition) is 9. The minimum atomic E-state index is -1.14. The van der Waals surface area contributed by atoms with Gasteiger partial charge in [0.1, 0.15) is 30.5 Å². The lowest BCUT2D eigenvalue weighted by Gasteiger charge is -2.22. The Hall–Kier alpha value is -5.57. The molecular weight excluding hydrogens is 664 g/mol. The van der Waals surface area contributed by atoms with Gasteiger partial charge in [-0.2, -0.15) is 11.8 Å². The number of ether oxygens (including phenoxy) is 1. The highest BCUT2D eigenvalue weighted by Gasteiger charge is 2.26. The largest absolute Gasteiger partial charge is 0.508 e. The number of aromatic hydroxyl groups is 1. The Labute approximate surface area is 294 Å². The molecule has 3 aromatic carbocycles. The highest BCUT2D eigenvalue weighted by atomic mass is 32.2. The van der Waals surface area contributed by atoms with Crippen molar-refractivity contribution in [2.45, 2.75) is 44.0 Å². The van der Waals surface area contributed by atoms with E-state index in [1.807, 2.05) is 12.3 Å². The van der Waals surface area contributed by atoms with Crippen molar-refractivity contribution in [1.82, 2.24) is 26.6 Å². The molecule has 0 unspecified atom stereocenters. The van der Waals surface area contributed by atoms with Crippen molar-refractivity contribution >= 4 is 47.4 Å². The molecule has 14 nitrogen and oxygen atoms in total. The molecule has 0 bridgehead atoms. The molecule has 3 rings (SSSR count). The molecule has 15 heteroatoms. The molecule has 266 valence electrons. The second-order valence-corrected chi connectivity index (χ2v) is 12.2. The summed E-state index contributed by atoms with van der Waals surface area (Å²) in [6, 6.07) is 20.8. The molecule has 50 heavy (non-hydrogen) atoms. The lowest BCUT2D eigenvalue weighted by molar-refractivity contribution is -0.132. The highest BCUT2D eigenvalue weighted by Crippen LogP contribution is 2.12. The van der Waals surface area contributed by atoms with Crippen LogP contribution in [0.3, 0.4) is 0 Å². The number of thioether (sulfide) groups is 1. The predicted molar refractivity (Wildman–Crippen MR) is 188 cm³/mol. The number of benzene rings is 3. The minimum Gasteiger partial charge on any atom is -0.508 e. The van der Waals surface area contributed by atoms with Crippen LogP contribution in [0.25, 0.3) is 0 Å². The van der Waals surface area contributed by atoms with Crippen molar-refractivity contribution in [1.29, 1.82) is 0 Å². The lowest BCUT2D eigenvalue weighted by Crippen LogP contribution is -2.55. The highest BCUT2D eigenvalue weighted by molar-refractivity contribution is 7.98. The summed E-state index contributed by atoms with van der Waals surface area (Å²) in [5.41, 5.74) is 7.58. The van der Waals surface area contributed by atoms with Crippen LogP contribution in [0, 0.1) is 0 Å². The molecule has 0 fully saturated rings. The van der Waals surface area contributed by atoms with Gasteiger partial charge in [-0.25, -0.2) is 4.79 Å². The topological polar surface area (TPSA) is 218 Å². The minimum absolute atomic E-state index is 0.0231. The molecule has 6 amide bonds. The molecule has 0 aromatic heterocycles. The second-order valence-electron chi connectivity index (χ2n) is 11.2. The maximum atomic E-state index is 13.2. The Balaban J connectivity index is 1.56. The summed E-state index contributed by atoms with van der Waals surface area (Å²) in [6.07, 6.45) is 1.45. The fourth-order valence-corrected chi connectivity index (χ4v) is 5.09. The van der Waals surface area contributed by atoms with Crippen molar-refractivity contribution in [3.63, 3.8) is 0 Å². The number of nitrogens with one attached hydrogen (secondary N) is 5. The van der Waals surface area contributed by atoms with E-state index in [1.165, 1.54) is 23.9 Å². The smallest absolute Gasteiger partial charge is 0.408 e. The van der Waals surface area contributed by atoms with Gasteiger partial charge in [0.25, 0.3) is 0 Å². The molecule has 8 N–H and O–H groups in total. The van der Waals surface area contributed by atoms with Crippen LogP contribution < -0.4 is 32.3 Å². The van der Waals surface area contributed by atoms with E-state index in [1.54, 1.807) is 66.7 Å². The number of phenols is 1. The summed E-state index contributed by atoms with van der Waals surface area (Å²) >= 11 is 1.49. The summed E-state index contributed by atoms with van der Waals surface area (Å²) in [5.74, 6) is -2.79. The quantitative estimate of drug-likeness (QED) is 0.0941. The van der Waals surface area contributed by atoms with Crippen LogP contribution in [0.4, 0.5) is 4.79 Å². The zero-order valence-electron chi connectivity index (χ0n) is 27.6. The normalized spacial score (nSPS) is 12.3. The van der Waals surface area contributed by atoms with Gasteiger partial charge in [-0.1, -0.05) is 72.8 Å². The third kappa shape index (κ3) is 14.3. The molecular formula is C35H42N6O8S. The van der Waals surface area contributed by atoms with Crippen LogP contribution in [0.2, 0.25) is 0 Å². The number of primary amides is 1. The van der Waals surface area contributed by atoms with Gasteiger partial charge in [-0.05, 0) is 47.3 Å². The first-order valence-corrected chi connectivity index (χ1v) is 17.1. The van der Waals surface area contributed by atoms with Crippen molar-refractivity contribution < 1.29 is 38.6 Å². The van der Waals surface area contributed by atoms with Crippen LogP contribution in [-0.4, -0.2) is 84.0 Å². The van der Waals surface area contributed by atoms with E-state index in [2.05, 4.69) is 26.6 Å². The number of phenolic OH excluding ortho intramolecular Hbond substituents is 1. The van der Waals surface area contributed by atoms with Crippen molar-refractivity contribution in [3.05, 3.63) is 102 Å². The molecule has 0 aliphatic rings.